The summed E-state index contributed by atoms with van der Waals surface area (Å²) in [4.78, 5) is 12.7. The highest BCUT2D eigenvalue weighted by molar-refractivity contribution is 6.30. The third kappa shape index (κ3) is 3.21. The van der Waals surface area contributed by atoms with Gasteiger partial charge in [0.25, 0.3) is 0 Å². The Kier molecular flexibility index (Phi) is 3.90. The molecule has 0 amide bonds. The number of hydrogen-bond donors (Lipinski definition) is 2. The van der Waals surface area contributed by atoms with Crippen LogP contribution in [-0.2, 0) is 0 Å². The zero-order valence-corrected chi connectivity index (χ0v) is 14.7. The molecule has 0 aliphatic carbocycles. The highest BCUT2D eigenvalue weighted by atomic mass is 35.5. The maximum absolute atomic E-state index is 6.12. The van der Waals surface area contributed by atoms with E-state index in [-0.39, 0.29) is 0 Å². The van der Waals surface area contributed by atoms with Crippen molar-refractivity contribution in [3.8, 4) is 11.4 Å². The summed E-state index contributed by atoms with van der Waals surface area (Å²) in [6.07, 6.45) is 0. The van der Waals surface area contributed by atoms with Crippen LogP contribution in [0.2, 0.25) is 5.02 Å². The minimum atomic E-state index is 0.631. The minimum absolute atomic E-state index is 0.631. The standard InChI is InChI=1S/C20H17ClN4/c1-12-6-8-16(9-7-12)23-20-17-10-13(2)22-19(17)24-18(25-20)14-4-3-5-15(21)11-14/h3-11H,1-2H3,(H2,22,23,24,25). The van der Waals surface area contributed by atoms with Crippen LogP contribution in [0, 0.1) is 13.8 Å². The van der Waals surface area contributed by atoms with E-state index in [0.717, 1.165) is 33.8 Å². The first kappa shape index (κ1) is 15.7. The molecule has 4 aromatic rings. The van der Waals surface area contributed by atoms with Crippen LogP contribution in [0.1, 0.15) is 11.3 Å². The van der Waals surface area contributed by atoms with Crippen molar-refractivity contribution < 1.29 is 0 Å². The van der Waals surface area contributed by atoms with Gasteiger partial charge in [0, 0.05) is 22.0 Å². The van der Waals surface area contributed by atoms with Crippen LogP contribution in [0.15, 0.2) is 54.6 Å². The Morgan fingerprint density at radius 1 is 0.960 bits per heavy atom. The Bertz CT molecular complexity index is 1050. The molecule has 0 saturated heterocycles. The second kappa shape index (κ2) is 6.22. The molecule has 2 aromatic carbocycles. The van der Waals surface area contributed by atoms with E-state index >= 15 is 0 Å². The fourth-order valence-electron chi connectivity index (χ4n) is 2.77. The molecular formula is C20H17ClN4. The summed E-state index contributed by atoms with van der Waals surface area (Å²) in [5.41, 5.74) is 4.93. The number of H-pyrrole nitrogens is 1. The molecule has 0 aliphatic heterocycles. The lowest BCUT2D eigenvalue weighted by atomic mass is 10.2. The van der Waals surface area contributed by atoms with Crippen LogP contribution < -0.4 is 5.32 Å². The predicted octanol–water partition coefficient (Wildman–Crippen LogP) is 5.64. The smallest absolute Gasteiger partial charge is 0.163 e. The average Bonchev–Trinajstić information content (AvgIpc) is 2.97. The SMILES string of the molecule is Cc1ccc(Nc2nc(-c3cccc(Cl)c3)nc3[nH]c(C)cc23)cc1. The number of aromatic amines is 1. The Morgan fingerprint density at radius 3 is 2.52 bits per heavy atom. The van der Waals surface area contributed by atoms with E-state index in [2.05, 4.69) is 34.3 Å². The molecule has 2 heterocycles. The Hall–Kier alpha value is -2.85. The van der Waals surface area contributed by atoms with Crippen molar-refractivity contribution in [1.82, 2.24) is 15.0 Å². The molecule has 0 fully saturated rings. The maximum atomic E-state index is 6.12. The first-order valence-electron chi connectivity index (χ1n) is 8.05. The third-order valence-corrected chi connectivity index (χ3v) is 4.25. The van der Waals surface area contributed by atoms with Gasteiger partial charge in [0.15, 0.2) is 5.82 Å². The van der Waals surface area contributed by atoms with Gasteiger partial charge in [-0.1, -0.05) is 41.4 Å². The molecule has 0 bridgehead atoms. The van der Waals surface area contributed by atoms with Crippen molar-refractivity contribution in [3.63, 3.8) is 0 Å². The van der Waals surface area contributed by atoms with Gasteiger partial charge >= 0.3 is 0 Å². The first-order valence-corrected chi connectivity index (χ1v) is 8.43. The average molecular weight is 349 g/mol. The van der Waals surface area contributed by atoms with Gasteiger partial charge in [0.05, 0.1) is 5.39 Å². The van der Waals surface area contributed by atoms with Crippen molar-refractivity contribution in [3.05, 3.63) is 70.9 Å². The largest absolute Gasteiger partial charge is 0.343 e. The molecule has 0 atom stereocenters. The molecule has 4 rings (SSSR count). The Labute approximate surface area is 150 Å². The molecule has 124 valence electrons. The lowest BCUT2D eigenvalue weighted by molar-refractivity contribution is 1.19. The molecule has 0 aliphatic rings. The summed E-state index contributed by atoms with van der Waals surface area (Å²) in [7, 11) is 0. The van der Waals surface area contributed by atoms with Crippen LogP contribution in [0.5, 0.6) is 0 Å². The fourth-order valence-corrected chi connectivity index (χ4v) is 2.96. The number of fused-ring (bicyclic) bond motifs is 1. The van der Waals surface area contributed by atoms with Gasteiger partial charge < -0.3 is 10.3 Å². The van der Waals surface area contributed by atoms with E-state index in [1.54, 1.807) is 0 Å². The van der Waals surface area contributed by atoms with E-state index in [9.17, 15) is 0 Å². The summed E-state index contributed by atoms with van der Waals surface area (Å²) in [6.45, 7) is 4.08. The molecule has 2 N–H and O–H groups in total. The maximum Gasteiger partial charge on any atom is 0.163 e. The molecule has 2 aromatic heterocycles. The van der Waals surface area contributed by atoms with Crippen molar-refractivity contribution in [2.45, 2.75) is 13.8 Å². The van der Waals surface area contributed by atoms with Gasteiger partial charge in [-0.25, -0.2) is 9.97 Å². The Balaban J connectivity index is 1.85. The lowest BCUT2D eigenvalue weighted by Gasteiger charge is -2.09. The monoisotopic (exact) mass is 348 g/mol. The number of nitrogens with zero attached hydrogens (tertiary/aromatic N) is 2. The van der Waals surface area contributed by atoms with Crippen LogP contribution in [0.3, 0.4) is 0 Å². The quantitative estimate of drug-likeness (QED) is 0.503. The van der Waals surface area contributed by atoms with Crippen LogP contribution >= 0.6 is 11.6 Å². The number of hydrogen-bond acceptors (Lipinski definition) is 3. The third-order valence-electron chi connectivity index (χ3n) is 4.02. The Morgan fingerprint density at radius 2 is 1.76 bits per heavy atom. The summed E-state index contributed by atoms with van der Waals surface area (Å²) in [6, 6.07) is 17.8. The van der Waals surface area contributed by atoms with E-state index in [1.165, 1.54) is 5.56 Å². The number of aromatic nitrogens is 3. The highest BCUT2D eigenvalue weighted by Crippen LogP contribution is 2.28. The van der Waals surface area contributed by atoms with Crippen LogP contribution in [0.4, 0.5) is 11.5 Å². The van der Waals surface area contributed by atoms with Crippen molar-refractivity contribution in [2.75, 3.05) is 5.32 Å². The number of aryl methyl sites for hydroxylation is 2. The number of rotatable bonds is 3. The summed E-state index contributed by atoms with van der Waals surface area (Å²) < 4.78 is 0. The second-order valence-corrected chi connectivity index (χ2v) is 6.55. The topological polar surface area (TPSA) is 53.6 Å². The number of anilines is 2. The molecular weight excluding hydrogens is 332 g/mol. The van der Waals surface area contributed by atoms with Gasteiger partial charge in [-0.15, -0.1) is 0 Å². The lowest BCUT2D eigenvalue weighted by Crippen LogP contribution is -1.98. The summed E-state index contributed by atoms with van der Waals surface area (Å²) in [5.74, 6) is 1.40. The minimum Gasteiger partial charge on any atom is -0.343 e. The van der Waals surface area contributed by atoms with Crippen molar-refractivity contribution in [2.24, 2.45) is 0 Å². The normalized spacial score (nSPS) is 11.0. The number of halogens is 1. The van der Waals surface area contributed by atoms with E-state index < -0.39 is 0 Å². The highest BCUT2D eigenvalue weighted by Gasteiger charge is 2.12. The summed E-state index contributed by atoms with van der Waals surface area (Å²) >= 11 is 6.12. The zero-order valence-electron chi connectivity index (χ0n) is 14.0. The molecule has 0 saturated carbocycles. The van der Waals surface area contributed by atoms with Crippen molar-refractivity contribution in [1.29, 1.82) is 0 Å². The van der Waals surface area contributed by atoms with Gasteiger partial charge in [-0.2, -0.15) is 0 Å². The van der Waals surface area contributed by atoms with Crippen LogP contribution in [-0.4, -0.2) is 15.0 Å². The number of benzene rings is 2. The van der Waals surface area contributed by atoms with Crippen LogP contribution in [0.25, 0.3) is 22.4 Å². The molecule has 0 spiro atoms. The molecule has 5 heteroatoms. The second-order valence-electron chi connectivity index (χ2n) is 6.11. The van der Waals surface area contributed by atoms with Gasteiger partial charge in [0.2, 0.25) is 0 Å². The fraction of sp³-hybridized carbons (Fsp3) is 0.100. The zero-order chi connectivity index (χ0) is 17.4. The summed E-state index contributed by atoms with van der Waals surface area (Å²) in [5, 5.41) is 5.03. The van der Waals surface area contributed by atoms with E-state index in [4.69, 9.17) is 16.6 Å². The van der Waals surface area contributed by atoms with Gasteiger partial charge in [-0.3, -0.25) is 0 Å². The van der Waals surface area contributed by atoms with E-state index in [0.29, 0.717) is 10.8 Å². The molecule has 0 unspecified atom stereocenters. The molecule has 25 heavy (non-hydrogen) atoms. The van der Waals surface area contributed by atoms with Crippen molar-refractivity contribution >= 4 is 34.1 Å². The van der Waals surface area contributed by atoms with E-state index in [1.807, 2.05) is 49.4 Å². The van der Waals surface area contributed by atoms with Gasteiger partial charge in [0.1, 0.15) is 11.5 Å². The predicted molar refractivity (Wildman–Crippen MR) is 104 cm³/mol. The molecule has 4 nitrogen and oxygen atoms in total. The number of nitrogens with one attached hydrogen (secondary N) is 2. The first-order chi connectivity index (χ1) is 12.1. The molecule has 0 radical (unpaired) electrons. The van der Waals surface area contributed by atoms with Gasteiger partial charge in [-0.05, 0) is 44.2 Å².